The number of ketones is 1. The number of amides is 3. The lowest BCUT2D eigenvalue weighted by atomic mass is 10.0. The van der Waals surface area contributed by atoms with Gasteiger partial charge in [0.15, 0.2) is 0 Å². The topological polar surface area (TPSA) is 141 Å². The van der Waals surface area contributed by atoms with Gasteiger partial charge in [-0.2, -0.15) is 4.79 Å². The molecular formula is C24H26FN5O4. The van der Waals surface area contributed by atoms with Gasteiger partial charge in [0.2, 0.25) is 23.5 Å². The molecule has 0 aliphatic rings. The number of rotatable bonds is 12. The molecule has 0 aliphatic heterocycles. The van der Waals surface area contributed by atoms with Crippen LogP contribution < -0.4 is 16.0 Å². The van der Waals surface area contributed by atoms with Crippen LogP contribution in [-0.4, -0.2) is 46.6 Å². The van der Waals surface area contributed by atoms with Gasteiger partial charge in [-0.05, 0) is 29.7 Å². The number of halogens is 1. The van der Waals surface area contributed by atoms with Crippen LogP contribution in [0.2, 0.25) is 0 Å². The highest BCUT2D eigenvalue weighted by Gasteiger charge is 2.27. The maximum absolute atomic E-state index is 13.1. The Balaban J connectivity index is 2.12. The van der Waals surface area contributed by atoms with Crippen molar-refractivity contribution < 1.29 is 28.4 Å². The molecule has 2 rings (SSSR count). The van der Waals surface area contributed by atoms with Crippen molar-refractivity contribution in [2.45, 2.75) is 44.8 Å². The van der Waals surface area contributed by atoms with Gasteiger partial charge in [0.1, 0.15) is 17.9 Å². The van der Waals surface area contributed by atoms with Crippen LogP contribution in [0.1, 0.15) is 30.9 Å². The summed E-state index contributed by atoms with van der Waals surface area (Å²) in [5.74, 6) is -2.51. The zero-order valence-electron chi connectivity index (χ0n) is 18.7. The minimum atomic E-state index is -1.10. The van der Waals surface area contributed by atoms with E-state index >= 15 is 0 Å². The Labute approximate surface area is 196 Å². The lowest BCUT2D eigenvalue weighted by molar-refractivity contribution is -0.132. The highest BCUT2D eigenvalue weighted by molar-refractivity contribution is 6.25. The molecule has 0 bridgehead atoms. The van der Waals surface area contributed by atoms with Gasteiger partial charge < -0.3 is 21.5 Å². The summed E-state index contributed by atoms with van der Waals surface area (Å²) in [6.45, 7) is 1.36. The summed E-state index contributed by atoms with van der Waals surface area (Å²) >= 11 is 0. The third-order valence-corrected chi connectivity index (χ3v) is 4.87. The summed E-state index contributed by atoms with van der Waals surface area (Å²) in [4.78, 5) is 51.9. The number of hydrogen-bond acceptors (Lipinski definition) is 4. The Morgan fingerprint density at radius 3 is 2.24 bits per heavy atom. The minimum absolute atomic E-state index is 0.0655. The number of hydrogen-bond donors (Lipinski definition) is 3. The number of carbonyl (C=O) groups excluding carboxylic acids is 4. The summed E-state index contributed by atoms with van der Waals surface area (Å²) < 4.78 is 13.1. The van der Waals surface area contributed by atoms with Gasteiger partial charge in [0.05, 0.1) is 0 Å². The molecular weight excluding hydrogens is 441 g/mol. The van der Waals surface area contributed by atoms with E-state index in [1.807, 2.05) is 18.2 Å². The van der Waals surface area contributed by atoms with Crippen LogP contribution in [0.4, 0.5) is 4.39 Å². The number of nitrogens with zero attached hydrogens (tertiary/aromatic N) is 2. The first-order chi connectivity index (χ1) is 16.3. The van der Waals surface area contributed by atoms with E-state index in [-0.39, 0.29) is 25.8 Å². The van der Waals surface area contributed by atoms with Crippen LogP contribution in [-0.2, 0) is 32.1 Å². The average molecular weight is 468 g/mol. The molecule has 0 heterocycles. The van der Waals surface area contributed by atoms with Crippen molar-refractivity contribution in [2.75, 3.05) is 0 Å². The molecule has 0 aromatic heterocycles. The van der Waals surface area contributed by atoms with E-state index in [1.54, 1.807) is 12.1 Å². The Morgan fingerprint density at radius 2 is 1.62 bits per heavy atom. The molecule has 0 fully saturated rings. The fraction of sp³-hybridized carbons (Fsp3) is 0.292. The van der Waals surface area contributed by atoms with Crippen LogP contribution >= 0.6 is 0 Å². The molecule has 0 radical (unpaired) electrons. The van der Waals surface area contributed by atoms with Crippen molar-refractivity contribution in [3.8, 4) is 0 Å². The van der Waals surface area contributed by atoms with Crippen molar-refractivity contribution in [3.05, 3.63) is 77.1 Å². The molecule has 10 heteroatoms. The maximum atomic E-state index is 13.1. The Morgan fingerprint density at radius 1 is 0.941 bits per heavy atom. The highest BCUT2D eigenvalue weighted by Crippen LogP contribution is 2.07. The highest BCUT2D eigenvalue weighted by atomic mass is 19.1. The first-order valence-electron chi connectivity index (χ1n) is 10.6. The van der Waals surface area contributed by atoms with Gasteiger partial charge in [-0.15, -0.1) is 0 Å². The van der Waals surface area contributed by atoms with Crippen LogP contribution in [0.15, 0.2) is 54.6 Å². The van der Waals surface area contributed by atoms with Crippen molar-refractivity contribution in [2.24, 2.45) is 0 Å². The lowest BCUT2D eigenvalue weighted by Gasteiger charge is -2.23. The molecule has 34 heavy (non-hydrogen) atoms. The van der Waals surface area contributed by atoms with Crippen LogP contribution in [0.25, 0.3) is 5.53 Å². The van der Waals surface area contributed by atoms with E-state index in [0.717, 1.165) is 5.56 Å². The van der Waals surface area contributed by atoms with E-state index in [1.165, 1.54) is 31.2 Å². The van der Waals surface area contributed by atoms with Crippen molar-refractivity contribution in [3.63, 3.8) is 0 Å². The summed E-state index contributed by atoms with van der Waals surface area (Å²) in [5, 5.41) is 7.83. The Hall–Kier alpha value is -4.17. The van der Waals surface area contributed by atoms with Crippen LogP contribution in [0.5, 0.6) is 0 Å². The van der Waals surface area contributed by atoms with Gasteiger partial charge in [-0.3, -0.25) is 19.2 Å². The second-order valence-corrected chi connectivity index (χ2v) is 7.60. The zero-order chi connectivity index (χ0) is 24.9. The number of nitrogens with one attached hydrogen (secondary N) is 3. The summed E-state index contributed by atoms with van der Waals surface area (Å²) in [7, 11) is 0. The fourth-order valence-electron chi connectivity index (χ4n) is 3.18. The molecule has 0 unspecified atom stereocenters. The van der Waals surface area contributed by atoms with Gasteiger partial charge in [-0.25, -0.2) is 4.39 Å². The first kappa shape index (κ1) is 26.1. The molecule has 0 saturated heterocycles. The minimum Gasteiger partial charge on any atom is -0.361 e. The fourth-order valence-corrected chi connectivity index (χ4v) is 3.18. The molecule has 178 valence electrons. The number of carbonyl (C=O) groups is 4. The molecule has 3 amide bonds. The molecule has 0 saturated carbocycles. The second-order valence-electron chi connectivity index (χ2n) is 7.60. The summed E-state index contributed by atoms with van der Waals surface area (Å²) in [6.07, 6.45) is 0.684. The van der Waals surface area contributed by atoms with Gasteiger partial charge in [0, 0.05) is 26.3 Å². The lowest BCUT2D eigenvalue weighted by Crippen LogP contribution is -2.54. The van der Waals surface area contributed by atoms with E-state index < -0.39 is 41.4 Å². The third-order valence-electron chi connectivity index (χ3n) is 4.87. The zero-order valence-corrected chi connectivity index (χ0v) is 18.7. The quantitative estimate of drug-likeness (QED) is 0.246. The molecule has 9 nitrogen and oxygen atoms in total. The Bertz CT molecular complexity index is 1050. The first-order valence-corrected chi connectivity index (χ1v) is 10.6. The second kappa shape index (κ2) is 13.4. The van der Waals surface area contributed by atoms with Crippen molar-refractivity contribution >= 4 is 29.7 Å². The van der Waals surface area contributed by atoms with Crippen molar-refractivity contribution in [1.29, 1.82) is 0 Å². The van der Waals surface area contributed by atoms with E-state index in [0.29, 0.717) is 11.8 Å². The molecule has 0 aliphatic carbocycles. The molecule has 2 aromatic carbocycles. The van der Waals surface area contributed by atoms with Crippen molar-refractivity contribution in [1.82, 2.24) is 16.0 Å². The molecule has 3 N–H and O–H groups in total. The number of Topliss-reactive ketones (excluding diaryl/α,β-unsaturated/α-hetero) is 1. The molecule has 2 aromatic rings. The smallest absolute Gasteiger partial charge is 0.323 e. The predicted molar refractivity (Wildman–Crippen MR) is 122 cm³/mol. The van der Waals surface area contributed by atoms with Gasteiger partial charge in [-0.1, -0.05) is 42.5 Å². The normalized spacial score (nSPS) is 11.9. The van der Waals surface area contributed by atoms with Gasteiger partial charge >= 0.3 is 6.21 Å². The molecule has 0 spiro atoms. The van der Waals surface area contributed by atoms with E-state index in [2.05, 4.69) is 20.7 Å². The van der Waals surface area contributed by atoms with E-state index in [4.69, 9.17) is 5.53 Å². The number of benzene rings is 2. The predicted octanol–water partition coefficient (Wildman–Crippen LogP) is 1.32. The SMILES string of the molecule is CC(=O)N[C@@H](Cc1ccccc1)C(=O)N[C@@H](CCC(=O)C=[N+]=[N-])C(=O)NCc1ccc(F)cc1. The van der Waals surface area contributed by atoms with Gasteiger partial charge in [0.25, 0.3) is 0 Å². The summed E-state index contributed by atoms with van der Waals surface area (Å²) in [5.41, 5.74) is 9.97. The standard InChI is InChI=1S/C24H26FN5O4/c1-16(31)29-22(13-17-5-3-2-4-6-17)24(34)30-21(12-11-20(32)15-28-26)23(33)27-14-18-7-9-19(25)10-8-18/h2-10,15,21-22H,11-14H2,1H3,(H,27,33)(H,29,31)(H,30,34)/t21-,22-/m0/s1. The maximum Gasteiger partial charge on any atom is 0.323 e. The third kappa shape index (κ3) is 9.13. The average Bonchev–Trinajstić information content (AvgIpc) is 2.81. The largest absolute Gasteiger partial charge is 0.361 e. The van der Waals surface area contributed by atoms with Crippen LogP contribution in [0, 0.1) is 5.82 Å². The summed E-state index contributed by atoms with van der Waals surface area (Å²) in [6, 6.07) is 12.5. The van der Waals surface area contributed by atoms with Crippen LogP contribution in [0.3, 0.4) is 0 Å². The van der Waals surface area contributed by atoms with E-state index in [9.17, 15) is 23.6 Å². The molecule has 2 atom stereocenters. The Kier molecular flexibility index (Phi) is 10.3. The monoisotopic (exact) mass is 467 g/mol.